The Balaban J connectivity index is 2.27. The van der Waals surface area contributed by atoms with E-state index >= 15 is 0 Å². The lowest BCUT2D eigenvalue weighted by atomic mass is 10.1. The Morgan fingerprint density at radius 2 is 2.11 bits per heavy atom. The van der Waals surface area contributed by atoms with Gasteiger partial charge in [-0.2, -0.15) is 5.10 Å². The molecule has 0 aliphatic heterocycles. The van der Waals surface area contributed by atoms with Gasteiger partial charge in [0.1, 0.15) is 5.69 Å². The van der Waals surface area contributed by atoms with E-state index in [4.69, 9.17) is 11.6 Å². The second kappa shape index (κ2) is 5.02. The number of hydrogen-bond acceptors (Lipinski definition) is 4. The molecule has 6 nitrogen and oxygen atoms in total. The first-order valence-electron chi connectivity index (χ1n) is 5.18. The fourth-order valence-electron chi connectivity index (χ4n) is 1.46. The number of carbonyl (C=O) groups excluding carboxylic acids is 1. The van der Waals surface area contributed by atoms with Crippen LogP contribution in [0.5, 0.6) is 0 Å². The predicted molar refractivity (Wildman–Crippen MR) is 71.3 cm³/mol. The van der Waals surface area contributed by atoms with Crippen molar-refractivity contribution in [2.75, 3.05) is 6.26 Å². The molecule has 0 fully saturated rings. The average molecular weight is 300 g/mol. The first-order chi connectivity index (χ1) is 8.85. The summed E-state index contributed by atoms with van der Waals surface area (Å²) in [4.78, 5) is 11.6. The molecular formula is C11H10ClN3O3S. The minimum absolute atomic E-state index is 0.0559. The zero-order chi connectivity index (χ0) is 14.0. The van der Waals surface area contributed by atoms with Crippen LogP contribution in [0.1, 0.15) is 10.5 Å². The van der Waals surface area contributed by atoms with Crippen LogP contribution in [-0.4, -0.2) is 30.8 Å². The lowest BCUT2D eigenvalue weighted by Crippen LogP contribution is -2.29. The van der Waals surface area contributed by atoms with Crippen LogP contribution in [0.25, 0.3) is 11.3 Å². The number of amides is 1. The predicted octanol–water partition coefficient (Wildman–Crippen LogP) is 1.42. The quantitative estimate of drug-likeness (QED) is 0.896. The van der Waals surface area contributed by atoms with Gasteiger partial charge in [0.05, 0.1) is 11.9 Å². The topological polar surface area (TPSA) is 91.9 Å². The van der Waals surface area contributed by atoms with E-state index in [2.05, 4.69) is 10.2 Å². The van der Waals surface area contributed by atoms with Crippen molar-refractivity contribution in [1.82, 2.24) is 14.9 Å². The fraction of sp³-hybridized carbons (Fsp3) is 0.0909. The maximum atomic E-state index is 11.6. The molecule has 1 amide bonds. The van der Waals surface area contributed by atoms with E-state index in [1.165, 1.54) is 6.07 Å². The Morgan fingerprint density at radius 3 is 2.74 bits per heavy atom. The molecule has 0 bridgehead atoms. The molecule has 0 aliphatic rings. The third kappa shape index (κ3) is 3.55. The van der Waals surface area contributed by atoms with Gasteiger partial charge in [0, 0.05) is 10.6 Å². The summed E-state index contributed by atoms with van der Waals surface area (Å²) in [7, 11) is -3.60. The third-order valence-electron chi connectivity index (χ3n) is 2.22. The molecule has 2 rings (SSSR count). The minimum Gasteiger partial charge on any atom is -0.272 e. The molecule has 0 spiro atoms. The molecule has 0 aliphatic carbocycles. The summed E-state index contributed by atoms with van der Waals surface area (Å²) in [5, 5.41) is 6.96. The number of nitrogens with one attached hydrogen (secondary N) is 2. The summed E-state index contributed by atoms with van der Waals surface area (Å²) in [5.41, 5.74) is 1.28. The Bertz CT molecular complexity index is 724. The lowest BCUT2D eigenvalue weighted by Gasteiger charge is -1.98. The molecule has 0 radical (unpaired) electrons. The summed E-state index contributed by atoms with van der Waals surface area (Å²) < 4.78 is 23.8. The highest BCUT2D eigenvalue weighted by molar-refractivity contribution is 7.89. The van der Waals surface area contributed by atoms with Crippen molar-refractivity contribution in [1.29, 1.82) is 0 Å². The van der Waals surface area contributed by atoms with Gasteiger partial charge in [0.15, 0.2) is 0 Å². The summed E-state index contributed by atoms with van der Waals surface area (Å²) >= 11 is 5.85. The van der Waals surface area contributed by atoms with Crippen LogP contribution < -0.4 is 4.72 Å². The summed E-state index contributed by atoms with van der Waals surface area (Å²) in [6.45, 7) is 0. The number of aromatic amines is 1. The average Bonchev–Trinajstić information content (AvgIpc) is 2.75. The van der Waals surface area contributed by atoms with Crippen molar-refractivity contribution >= 4 is 27.5 Å². The van der Waals surface area contributed by atoms with E-state index in [0.717, 1.165) is 11.8 Å². The number of rotatable bonds is 3. The molecule has 0 saturated heterocycles. The molecule has 1 aromatic heterocycles. The molecule has 0 atom stereocenters. The number of nitrogens with zero attached hydrogens (tertiary/aromatic N) is 1. The van der Waals surface area contributed by atoms with Crippen LogP contribution in [-0.2, 0) is 10.0 Å². The van der Waals surface area contributed by atoms with Gasteiger partial charge in [-0.15, -0.1) is 0 Å². The number of hydrogen-bond donors (Lipinski definition) is 2. The van der Waals surface area contributed by atoms with Gasteiger partial charge < -0.3 is 0 Å². The Kier molecular flexibility index (Phi) is 3.59. The lowest BCUT2D eigenvalue weighted by molar-refractivity contribution is 0.0977. The highest BCUT2D eigenvalue weighted by Crippen LogP contribution is 2.21. The van der Waals surface area contributed by atoms with Crippen LogP contribution in [0, 0.1) is 0 Å². The zero-order valence-corrected chi connectivity index (χ0v) is 11.4. The third-order valence-corrected chi connectivity index (χ3v) is 3.01. The highest BCUT2D eigenvalue weighted by Gasteiger charge is 2.14. The monoisotopic (exact) mass is 299 g/mol. The van der Waals surface area contributed by atoms with Crippen molar-refractivity contribution < 1.29 is 13.2 Å². The van der Waals surface area contributed by atoms with E-state index in [0.29, 0.717) is 10.7 Å². The zero-order valence-electron chi connectivity index (χ0n) is 9.84. The Labute approximate surface area is 114 Å². The van der Waals surface area contributed by atoms with Gasteiger partial charge in [0.25, 0.3) is 5.91 Å². The number of H-pyrrole nitrogens is 1. The number of benzene rings is 1. The normalized spacial score (nSPS) is 11.3. The second-order valence-electron chi connectivity index (χ2n) is 3.88. The Hall–Kier alpha value is -1.86. The van der Waals surface area contributed by atoms with Gasteiger partial charge >= 0.3 is 0 Å². The van der Waals surface area contributed by atoms with E-state index in [-0.39, 0.29) is 5.69 Å². The summed E-state index contributed by atoms with van der Waals surface area (Å²) in [5.74, 6) is -0.761. The number of carbonyl (C=O) groups is 1. The van der Waals surface area contributed by atoms with Crippen molar-refractivity contribution in [3.8, 4) is 11.3 Å². The number of halogens is 1. The van der Waals surface area contributed by atoms with Gasteiger partial charge in [-0.3, -0.25) is 9.89 Å². The molecule has 0 unspecified atom stereocenters. The van der Waals surface area contributed by atoms with Crippen LogP contribution in [0.3, 0.4) is 0 Å². The highest BCUT2D eigenvalue weighted by atomic mass is 35.5. The first kappa shape index (κ1) is 13.6. The summed E-state index contributed by atoms with van der Waals surface area (Å²) in [6, 6.07) is 8.39. The smallest absolute Gasteiger partial charge is 0.272 e. The van der Waals surface area contributed by atoms with E-state index in [1.54, 1.807) is 24.3 Å². The molecule has 1 heterocycles. The van der Waals surface area contributed by atoms with Gasteiger partial charge in [-0.05, 0) is 18.2 Å². The van der Waals surface area contributed by atoms with Crippen LogP contribution in [0.2, 0.25) is 5.02 Å². The number of sulfonamides is 1. The second-order valence-corrected chi connectivity index (χ2v) is 6.07. The molecule has 2 N–H and O–H groups in total. The Morgan fingerprint density at radius 1 is 1.37 bits per heavy atom. The van der Waals surface area contributed by atoms with Crippen LogP contribution in [0.15, 0.2) is 30.3 Å². The van der Waals surface area contributed by atoms with Crippen molar-refractivity contribution in [3.05, 3.63) is 41.0 Å². The van der Waals surface area contributed by atoms with Gasteiger partial charge in [0.2, 0.25) is 10.0 Å². The molecule has 0 saturated carbocycles. The molecular weight excluding hydrogens is 290 g/mol. The summed E-state index contributed by atoms with van der Waals surface area (Å²) in [6.07, 6.45) is 0.902. The number of aromatic nitrogens is 2. The maximum absolute atomic E-state index is 11.6. The van der Waals surface area contributed by atoms with Crippen LogP contribution >= 0.6 is 11.6 Å². The minimum atomic E-state index is -3.60. The fourth-order valence-corrected chi connectivity index (χ4v) is 2.09. The van der Waals surface area contributed by atoms with Crippen molar-refractivity contribution in [3.63, 3.8) is 0 Å². The van der Waals surface area contributed by atoms with Crippen molar-refractivity contribution in [2.45, 2.75) is 0 Å². The largest absolute Gasteiger partial charge is 0.282 e. The van der Waals surface area contributed by atoms with E-state index in [1.807, 2.05) is 4.72 Å². The molecule has 1 aromatic carbocycles. The van der Waals surface area contributed by atoms with Gasteiger partial charge in [-0.1, -0.05) is 23.7 Å². The molecule has 100 valence electrons. The van der Waals surface area contributed by atoms with E-state index < -0.39 is 15.9 Å². The van der Waals surface area contributed by atoms with Crippen molar-refractivity contribution in [2.24, 2.45) is 0 Å². The van der Waals surface area contributed by atoms with E-state index in [9.17, 15) is 13.2 Å². The maximum Gasteiger partial charge on any atom is 0.282 e. The van der Waals surface area contributed by atoms with Crippen LogP contribution in [0.4, 0.5) is 0 Å². The molecule has 2 aromatic rings. The molecule has 8 heteroatoms. The SMILES string of the molecule is CS(=O)(=O)NC(=O)c1cc(-c2cccc(Cl)c2)n[nH]1. The first-order valence-corrected chi connectivity index (χ1v) is 7.45. The van der Waals surface area contributed by atoms with Gasteiger partial charge in [-0.25, -0.2) is 13.1 Å². The molecule has 19 heavy (non-hydrogen) atoms. The standard InChI is InChI=1S/C11H10ClN3O3S/c1-19(17,18)15-11(16)10-6-9(13-14-10)7-3-2-4-8(12)5-7/h2-6H,1H3,(H,13,14)(H,15,16).